The van der Waals surface area contributed by atoms with Crippen molar-refractivity contribution in [3.63, 3.8) is 0 Å². The number of nitrogens with one attached hydrogen (secondary N) is 3. The number of pyridine rings is 1. The van der Waals surface area contributed by atoms with Crippen LogP contribution in [-0.4, -0.2) is 25.2 Å². The number of hydrogen-bond acceptors (Lipinski definition) is 5. The van der Waals surface area contributed by atoms with Crippen molar-refractivity contribution in [1.29, 1.82) is 0 Å². The average Bonchev–Trinajstić information content (AvgIpc) is 2.74. The van der Waals surface area contributed by atoms with E-state index < -0.39 is 21.8 Å². The molecule has 154 valence electrons. The maximum Gasteiger partial charge on any atom is 0.269 e. The zero-order chi connectivity index (χ0) is 21.7. The van der Waals surface area contributed by atoms with Gasteiger partial charge in [-0.15, -0.1) is 0 Å². The summed E-state index contributed by atoms with van der Waals surface area (Å²) in [6.45, 7) is 3.54. The van der Waals surface area contributed by atoms with Gasteiger partial charge in [0.2, 0.25) is 0 Å². The highest BCUT2D eigenvalue weighted by atomic mass is 32.2. The monoisotopic (exact) mass is 424 g/mol. The van der Waals surface area contributed by atoms with Crippen LogP contribution in [0.2, 0.25) is 0 Å². The van der Waals surface area contributed by atoms with Crippen LogP contribution in [0.1, 0.15) is 31.8 Å². The molecule has 0 saturated heterocycles. The molecule has 0 aliphatic rings. The molecular formula is C21H20N4O4S. The molecule has 0 atom stereocenters. The Morgan fingerprint density at radius 1 is 0.800 bits per heavy atom. The zero-order valence-electron chi connectivity index (χ0n) is 16.3. The second-order valence-corrected chi connectivity index (χ2v) is 8.25. The summed E-state index contributed by atoms with van der Waals surface area (Å²) in [5.41, 5.74) is 6.99. The smallest absolute Gasteiger partial charge is 0.269 e. The number of hydrogen-bond donors (Lipinski definition) is 3. The molecular weight excluding hydrogens is 404 g/mol. The Balaban J connectivity index is 1.65. The van der Waals surface area contributed by atoms with Gasteiger partial charge in [-0.2, -0.15) is 0 Å². The minimum Gasteiger partial charge on any atom is -0.280 e. The van der Waals surface area contributed by atoms with Gasteiger partial charge in [-0.1, -0.05) is 12.1 Å². The highest BCUT2D eigenvalue weighted by Gasteiger charge is 2.17. The van der Waals surface area contributed by atoms with Gasteiger partial charge in [0.15, 0.2) is 0 Å². The Kier molecular flexibility index (Phi) is 6.12. The van der Waals surface area contributed by atoms with Gasteiger partial charge < -0.3 is 0 Å². The van der Waals surface area contributed by atoms with Gasteiger partial charge in [-0.3, -0.25) is 30.1 Å². The van der Waals surface area contributed by atoms with Gasteiger partial charge in [0.05, 0.1) is 4.90 Å². The van der Waals surface area contributed by atoms with Crippen molar-refractivity contribution < 1.29 is 18.0 Å². The zero-order valence-corrected chi connectivity index (χ0v) is 17.2. The van der Waals surface area contributed by atoms with Crippen LogP contribution in [0.5, 0.6) is 0 Å². The number of nitrogens with zero attached hydrogens (tertiary/aromatic N) is 1. The highest BCUT2D eigenvalue weighted by Crippen LogP contribution is 2.21. The van der Waals surface area contributed by atoms with E-state index in [9.17, 15) is 18.0 Å². The van der Waals surface area contributed by atoms with E-state index in [1.165, 1.54) is 48.8 Å². The molecule has 0 fully saturated rings. The van der Waals surface area contributed by atoms with Crippen LogP contribution in [0.15, 0.2) is 71.9 Å². The van der Waals surface area contributed by atoms with Crippen molar-refractivity contribution in [3.8, 4) is 0 Å². The van der Waals surface area contributed by atoms with E-state index in [0.717, 1.165) is 5.56 Å². The number of aryl methyl sites for hydroxylation is 2. The van der Waals surface area contributed by atoms with E-state index in [1.54, 1.807) is 19.1 Å². The van der Waals surface area contributed by atoms with E-state index in [4.69, 9.17) is 0 Å². The van der Waals surface area contributed by atoms with Crippen LogP contribution in [-0.2, 0) is 10.0 Å². The van der Waals surface area contributed by atoms with E-state index in [2.05, 4.69) is 20.6 Å². The number of hydrazine groups is 1. The molecule has 0 aliphatic carbocycles. The third-order valence-corrected chi connectivity index (χ3v) is 5.79. The molecule has 8 nitrogen and oxygen atoms in total. The van der Waals surface area contributed by atoms with Crippen molar-refractivity contribution in [3.05, 3.63) is 89.2 Å². The summed E-state index contributed by atoms with van der Waals surface area (Å²) in [7, 11) is -3.76. The lowest BCUT2D eigenvalue weighted by atomic mass is 10.2. The maximum absolute atomic E-state index is 12.7. The van der Waals surface area contributed by atoms with Crippen LogP contribution in [0.25, 0.3) is 0 Å². The van der Waals surface area contributed by atoms with Crippen molar-refractivity contribution in [1.82, 2.24) is 15.8 Å². The molecule has 9 heteroatoms. The first-order valence-electron chi connectivity index (χ1n) is 8.97. The first-order valence-corrected chi connectivity index (χ1v) is 10.5. The Bertz CT molecular complexity index is 1180. The Morgan fingerprint density at radius 3 is 1.97 bits per heavy atom. The van der Waals surface area contributed by atoms with E-state index in [-0.39, 0.29) is 10.5 Å². The van der Waals surface area contributed by atoms with Crippen LogP contribution in [0.4, 0.5) is 5.69 Å². The third kappa shape index (κ3) is 5.00. The maximum atomic E-state index is 12.7. The first-order chi connectivity index (χ1) is 14.3. The molecule has 0 spiro atoms. The molecule has 3 N–H and O–H groups in total. The van der Waals surface area contributed by atoms with Gasteiger partial charge >= 0.3 is 0 Å². The second-order valence-electron chi connectivity index (χ2n) is 6.60. The summed E-state index contributed by atoms with van der Waals surface area (Å²) in [5, 5.41) is 0. The number of benzene rings is 2. The van der Waals surface area contributed by atoms with Gasteiger partial charge in [0, 0.05) is 29.2 Å². The van der Waals surface area contributed by atoms with Crippen molar-refractivity contribution in [2.24, 2.45) is 0 Å². The standard InChI is InChI=1S/C21H20N4O4S/c1-14-3-4-15(2)19(13-14)30(28,29)25-18-7-5-16(6-8-18)20(26)23-24-21(27)17-9-11-22-12-10-17/h3-13,25H,1-2H3,(H,23,26)(H,24,27). The number of anilines is 1. The summed E-state index contributed by atoms with van der Waals surface area (Å²) in [6, 6.07) is 14.1. The summed E-state index contributed by atoms with van der Waals surface area (Å²) in [5.74, 6) is -1.02. The summed E-state index contributed by atoms with van der Waals surface area (Å²) >= 11 is 0. The molecule has 2 aromatic carbocycles. The van der Waals surface area contributed by atoms with E-state index in [0.29, 0.717) is 16.8 Å². The number of rotatable bonds is 5. The minimum absolute atomic E-state index is 0.197. The number of aromatic nitrogens is 1. The van der Waals surface area contributed by atoms with Crippen LogP contribution in [0, 0.1) is 13.8 Å². The molecule has 0 bridgehead atoms. The summed E-state index contributed by atoms with van der Waals surface area (Å²) < 4.78 is 27.8. The molecule has 3 rings (SSSR count). The Morgan fingerprint density at radius 2 is 1.37 bits per heavy atom. The van der Waals surface area contributed by atoms with Crippen molar-refractivity contribution in [2.45, 2.75) is 18.7 Å². The molecule has 1 heterocycles. The van der Waals surface area contributed by atoms with Crippen LogP contribution < -0.4 is 15.6 Å². The SMILES string of the molecule is Cc1ccc(C)c(S(=O)(=O)Nc2ccc(C(=O)NNC(=O)c3ccncc3)cc2)c1. The normalized spacial score (nSPS) is 10.9. The lowest BCUT2D eigenvalue weighted by Crippen LogP contribution is -2.41. The molecule has 0 aliphatic heterocycles. The van der Waals surface area contributed by atoms with Gasteiger partial charge in [-0.25, -0.2) is 8.42 Å². The Hall–Kier alpha value is -3.72. The Labute approximate surface area is 174 Å². The summed E-state index contributed by atoms with van der Waals surface area (Å²) in [6.07, 6.45) is 2.93. The number of amides is 2. The van der Waals surface area contributed by atoms with Crippen LogP contribution >= 0.6 is 0 Å². The predicted octanol–water partition coefficient (Wildman–Crippen LogP) is 2.57. The number of carbonyl (C=O) groups is 2. The quantitative estimate of drug-likeness (QED) is 0.544. The minimum atomic E-state index is -3.76. The van der Waals surface area contributed by atoms with E-state index >= 15 is 0 Å². The molecule has 30 heavy (non-hydrogen) atoms. The molecule has 2 amide bonds. The molecule has 0 unspecified atom stereocenters. The molecule has 1 aromatic heterocycles. The fraction of sp³-hybridized carbons (Fsp3) is 0.0952. The third-order valence-electron chi connectivity index (χ3n) is 4.26. The highest BCUT2D eigenvalue weighted by molar-refractivity contribution is 7.92. The molecule has 0 saturated carbocycles. The number of sulfonamides is 1. The van der Waals surface area contributed by atoms with E-state index in [1.807, 2.05) is 13.0 Å². The largest absolute Gasteiger partial charge is 0.280 e. The van der Waals surface area contributed by atoms with Crippen molar-refractivity contribution >= 4 is 27.5 Å². The topological polar surface area (TPSA) is 117 Å². The summed E-state index contributed by atoms with van der Waals surface area (Å²) in [4.78, 5) is 28.2. The van der Waals surface area contributed by atoms with Gasteiger partial charge in [-0.05, 0) is 67.4 Å². The predicted molar refractivity (Wildman–Crippen MR) is 112 cm³/mol. The molecule has 0 radical (unpaired) electrons. The van der Waals surface area contributed by atoms with Crippen molar-refractivity contribution in [2.75, 3.05) is 4.72 Å². The fourth-order valence-electron chi connectivity index (χ4n) is 2.66. The van der Waals surface area contributed by atoms with Crippen LogP contribution in [0.3, 0.4) is 0 Å². The first kappa shape index (κ1) is 21.0. The van der Waals surface area contributed by atoms with Gasteiger partial charge in [0.25, 0.3) is 21.8 Å². The fourth-order valence-corrected chi connectivity index (χ4v) is 4.05. The van der Waals surface area contributed by atoms with Gasteiger partial charge in [0.1, 0.15) is 0 Å². The number of carbonyl (C=O) groups excluding carboxylic acids is 2. The lowest BCUT2D eigenvalue weighted by Gasteiger charge is -2.12. The lowest BCUT2D eigenvalue weighted by molar-refractivity contribution is 0.0846. The molecule has 3 aromatic rings. The average molecular weight is 424 g/mol. The second kappa shape index (κ2) is 8.75.